The van der Waals surface area contributed by atoms with Crippen molar-refractivity contribution in [1.29, 1.82) is 5.41 Å². The number of aromatic nitrogens is 1. The standard InChI is InChI=1S/C16H14BrN3OS3.ClH/c1-21-8-3-4-11(17)9(5-8)12-7-23-15(20-12)10-6-13(14(18)19)24-16(10)22-2;/h3-7H,1-2H3,(H3,18,19);1H. The van der Waals surface area contributed by atoms with Crippen molar-refractivity contribution in [3.8, 4) is 27.6 Å². The van der Waals surface area contributed by atoms with E-state index >= 15 is 0 Å². The molecular formula is C16H15BrClN3OS3. The fourth-order valence-corrected chi connectivity index (χ4v) is 5.31. The maximum Gasteiger partial charge on any atom is 0.133 e. The average Bonchev–Trinajstić information content (AvgIpc) is 3.21. The number of rotatable bonds is 5. The summed E-state index contributed by atoms with van der Waals surface area (Å²) in [6.45, 7) is 0. The number of hydrogen-bond donors (Lipinski definition) is 2. The summed E-state index contributed by atoms with van der Waals surface area (Å²) in [5.41, 5.74) is 8.54. The van der Waals surface area contributed by atoms with E-state index in [0.29, 0.717) is 0 Å². The monoisotopic (exact) mass is 475 g/mol. The minimum absolute atomic E-state index is 0. The van der Waals surface area contributed by atoms with Gasteiger partial charge >= 0.3 is 0 Å². The highest BCUT2D eigenvalue weighted by Crippen LogP contribution is 2.41. The Labute approximate surface area is 172 Å². The van der Waals surface area contributed by atoms with Crippen molar-refractivity contribution >= 4 is 68.6 Å². The highest BCUT2D eigenvalue weighted by atomic mass is 79.9. The predicted octanol–water partition coefficient (Wildman–Crippen LogP) is 5.74. The number of thiophene rings is 1. The molecule has 2 heterocycles. The third-order valence-corrected chi connectivity index (χ3v) is 7.20. The van der Waals surface area contributed by atoms with Gasteiger partial charge < -0.3 is 10.5 Å². The first kappa shape index (κ1) is 20.3. The number of nitrogen functional groups attached to an aromatic ring is 1. The average molecular weight is 477 g/mol. The molecule has 3 N–H and O–H groups in total. The fraction of sp³-hybridized carbons (Fsp3) is 0.125. The first-order chi connectivity index (χ1) is 11.5. The van der Waals surface area contributed by atoms with Gasteiger partial charge in [-0.1, -0.05) is 15.9 Å². The number of amidine groups is 1. The van der Waals surface area contributed by atoms with Gasteiger partial charge in [0.2, 0.25) is 0 Å². The van der Waals surface area contributed by atoms with Gasteiger partial charge in [0.1, 0.15) is 16.6 Å². The van der Waals surface area contributed by atoms with Gasteiger partial charge in [-0.3, -0.25) is 5.41 Å². The second kappa shape index (κ2) is 8.55. The molecule has 0 aliphatic rings. The summed E-state index contributed by atoms with van der Waals surface area (Å²) in [5, 5.41) is 10.6. The maximum atomic E-state index is 7.64. The van der Waals surface area contributed by atoms with Crippen LogP contribution in [0.5, 0.6) is 5.75 Å². The van der Waals surface area contributed by atoms with Crippen LogP contribution in [0.1, 0.15) is 4.88 Å². The fourth-order valence-electron chi connectivity index (χ4n) is 2.16. The molecule has 0 bridgehead atoms. The Morgan fingerprint density at radius 2 is 2.08 bits per heavy atom. The van der Waals surface area contributed by atoms with Crippen molar-refractivity contribution in [2.45, 2.75) is 4.21 Å². The molecule has 25 heavy (non-hydrogen) atoms. The quantitative estimate of drug-likeness (QED) is 0.280. The number of thioether (sulfide) groups is 1. The number of ether oxygens (including phenoxy) is 1. The third kappa shape index (κ3) is 4.20. The van der Waals surface area contributed by atoms with Crippen molar-refractivity contribution in [3.05, 3.63) is 39.0 Å². The highest BCUT2D eigenvalue weighted by Gasteiger charge is 2.16. The lowest BCUT2D eigenvalue weighted by Crippen LogP contribution is -2.08. The van der Waals surface area contributed by atoms with E-state index in [-0.39, 0.29) is 18.2 Å². The topological polar surface area (TPSA) is 72.0 Å². The van der Waals surface area contributed by atoms with Crippen LogP contribution in [0, 0.1) is 5.41 Å². The Morgan fingerprint density at radius 3 is 2.72 bits per heavy atom. The number of methoxy groups -OCH3 is 1. The van der Waals surface area contributed by atoms with Crippen LogP contribution < -0.4 is 10.5 Å². The van der Waals surface area contributed by atoms with Gasteiger partial charge in [0.15, 0.2) is 0 Å². The maximum absolute atomic E-state index is 7.64. The molecule has 4 nitrogen and oxygen atoms in total. The SMILES string of the molecule is COc1ccc(Br)c(-c2csc(-c3cc(C(=N)N)sc3SC)n2)c1.Cl. The zero-order valence-corrected chi connectivity index (χ0v) is 18.2. The summed E-state index contributed by atoms with van der Waals surface area (Å²) < 4.78 is 7.39. The van der Waals surface area contributed by atoms with Crippen molar-refractivity contribution < 1.29 is 4.74 Å². The van der Waals surface area contributed by atoms with E-state index in [4.69, 9.17) is 20.9 Å². The summed E-state index contributed by atoms with van der Waals surface area (Å²) in [5.74, 6) is 0.885. The van der Waals surface area contributed by atoms with Crippen molar-refractivity contribution in [2.24, 2.45) is 5.73 Å². The number of nitrogens with zero attached hydrogens (tertiary/aromatic N) is 1. The van der Waals surface area contributed by atoms with Gasteiger partial charge in [0, 0.05) is 21.0 Å². The molecular weight excluding hydrogens is 462 g/mol. The molecule has 2 aromatic heterocycles. The second-order valence-corrected chi connectivity index (χ2v) is 8.65. The zero-order chi connectivity index (χ0) is 17.3. The minimum Gasteiger partial charge on any atom is -0.497 e. The van der Waals surface area contributed by atoms with Crippen molar-refractivity contribution in [3.63, 3.8) is 0 Å². The van der Waals surface area contributed by atoms with E-state index in [1.165, 1.54) is 11.3 Å². The number of benzene rings is 1. The summed E-state index contributed by atoms with van der Waals surface area (Å²) >= 11 is 8.33. The Kier molecular flexibility index (Phi) is 6.93. The van der Waals surface area contributed by atoms with Crippen LogP contribution in [0.15, 0.2) is 38.3 Å². The van der Waals surface area contributed by atoms with Gasteiger partial charge in [0.05, 0.1) is 21.9 Å². The molecule has 0 saturated heterocycles. The van der Waals surface area contributed by atoms with Crippen LogP contribution in [0.25, 0.3) is 21.8 Å². The Balaban J connectivity index is 0.00000225. The molecule has 0 atom stereocenters. The molecule has 0 spiro atoms. The second-order valence-electron chi connectivity index (χ2n) is 4.81. The van der Waals surface area contributed by atoms with E-state index in [2.05, 4.69) is 15.9 Å². The molecule has 0 aliphatic carbocycles. The van der Waals surface area contributed by atoms with Gasteiger partial charge in [0.25, 0.3) is 0 Å². The van der Waals surface area contributed by atoms with E-state index in [0.717, 1.165) is 41.1 Å². The normalized spacial score (nSPS) is 10.4. The smallest absolute Gasteiger partial charge is 0.133 e. The molecule has 0 aliphatic heterocycles. The van der Waals surface area contributed by atoms with Gasteiger partial charge in [-0.15, -0.1) is 46.8 Å². The van der Waals surface area contributed by atoms with Crippen LogP contribution in [-0.2, 0) is 0 Å². The highest BCUT2D eigenvalue weighted by molar-refractivity contribution is 9.10. The third-order valence-electron chi connectivity index (χ3n) is 3.33. The summed E-state index contributed by atoms with van der Waals surface area (Å²) in [7, 11) is 1.65. The zero-order valence-electron chi connectivity index (χ0n) is 13.3. The molecule has 1 aromatic carbocycles. The molecule has 3 rings (SSSR count). The van der Waals surface area contributed by atoms with E-state index in [9.17, 15) is 0 Å². The summed E-state index contributed by atoms with van der Waals surface area (Å²) in [6.07, 6.45) is 2.02. The first-order valence-electron chi connectivity index (χ1n) is 6.85. The number of nitrogens with one attached hydrogen (secondary N) is 1. The van der Waals surface area contributed by atoms with Crippen LogP contribution in [-0.4, -0.2) is 24.2 Å². The Bertz CT molecular complexity index is 910. The predicted molar refractivity (Wildman–Crippen MR) is 115 cm³/mol. The lowest BCUT2D eigenvalue weighted by molar-refractivity contribution is 0.415. The lowest BCUT2D eigenvalue weighted by atomic mass is 10.1. The van der Waals surface area contributed by atoms with Crippen molar-refractivity contribution in [1.82, 2.24) is 4.98 Å². The number of halogens is 2. The molecule has 0 unspecified atom stereocenters. The number of nitrogens with two attached hydrogens (primary N) is 1. The molecule has 9 heteroatoms. The summed E-state index contributed by atoms with van der Waals surface area (Å²) in [6, 6.07) is 7.78. The molecule has 3 aromatic rings. The molecule has 0 radical (unpaired) electrons. The largest absolute Gasteiger partial charge is 0.497 e. The van der Waals surface area contributed by atoms with Crippen LogP contribution in [0.4, 0.5) is 0 Å². The summed E-state index contributed by atoms with van der Waals surface area (Å²) in [4.78, 5) is 5.56. The molecule has 0 fully saturated rings. The lowest BCUT2D eigenvalue weighted by Gasteiger charge is -2.04. The number of hydrogen-bond acceptors (Lipinski definition) is 6. The van der Waals surface area contributed by atoms with Gasteiger partial charge in [-0.2, -0.15) is 0 Å². The number of thiazole rings is 1. The first-order valence-corrected chi connectivity index (χ1v) is 10.6. The van der Waals surface area contributed by atoms with Crippen LogP contribution >= 0.6 is 62.8 Å². The minimum atomic E-state index is 0. The van der Waals surface area contributed by atoms with E-state index in [1.807, 2.05) is 35.9 Å². The van der Waals surface area contributed by atoms with Crippen molar-refractivity contribution in [2.75, 3.05) is 13.4 Å². The molecule has 132 valence electrons. The molecule has 0 saturated carbocycles. The molecule has 0 amide bonds. The Hall–Kier alpha value is -1.06. The van der Waals surface area contributed by atoms with Gasteiger partial charge in [-0.25, -0.2) is 4.98 Å². The van der Waals surface area contributed by atoms with E-state index < -0.39 is 0 Å². The van der Waals surface area contributed by atoms with Crippen LogP contribution in [0.3, 0.4) is 0 Å². The van der Waals surface area contributed by atoms with Crippen LogP contribution in [0.2, 0.25) is 0 Å². The van der Waals surface area contributed by atoms with E-state index in [1.54, 1.807) is 30.2 Å². The Morgan fingerprint density at radius 1 is 1.32 bits per heavy atom. The van der Waals surface area contributed by atoms with Gasteiger partial charge in [-0.05, 0) is 30.5 Å².